The number of unbranched alkanes of at least 4 members (excludes halogenated alkanes) is 12. The summed E-state index contributed by atoms with van der Waals surface area (Å²) in [5.74, 6) is -1.04. The van der Waals surface area contributed by atoms with E-state index in [1.807, 2.05) is 72.9 Å². The van der Waals surface area contributed by atoms with E-state index < -0.39 is 6.10 Å². The van der Waals surface area contributed by atoms with Crippen LogP contribution < -0.4 is 0 Å². The van der Waals surface area contributed by atoms with Gasteiger partial charge in [0.15, 0.2) is 6.10 Å². The highest BCUT2D eigenvalue weighted by atomic mass is 16.6. The molecule has 0 aliphatic carbocycles. The Hall–Kier alpha value is -4.97. The summed E-state index contributed by atoms with van der Waals surface area (Å²) >= 11 is 0. The van der Waals surface area contributed by atoms with E-state index in [2.05, 4.69) is 106 Å². The molecule has 0 amide bonds. The lowest BCUT2D eigenvalue weighted by Crippen LogP contribution is -2.30. The summed E-state index contributed by atoms with van der Waals surface area (Å²) in [5, 5.41) is 0. The second kappa shape index (κ2) is 51.7. The van der Waals surface area contributed by atoms with E-state index in [1.54, 1.807) is 0 Å². The molecular formula is C59H88O6. The first-order valence-corrected chi connectivity index (χ1v) is 25.1. The van der Waals surface area contributed by atoms with Gasteiger partial charge in [0.25, 0.3) is 0 Å². The fraction of sp³-hybridized carbons (Fsp3) is 0.508. The van der Waals surface area contributed by atoms with Gasteiger partial charge in [-0.15, -0.1) is 0 Å². The molecule has 0 heterocycles. The zero-order valence-corrected chi connectivity index (χ0v) is 40.9. The molecule has 360 valence electrons. The second-order valence-electron chi connectivity index (χ2n) is 15.8. The minimum absolute atomic E-state index is 0.126. The van der Waals surface area contributed by atoms with Crippen molar-refractivity contribution >= 4 is 17.9 Å². The molecule has 0 saturated carbocycles. The van der Waals surface area contributed by atoms with Gasteiger partial charge in [0.2, 0.25) is 0 Å². The molecule has 0 N–H and O–H groups in total. The molecule has 0 aliphatic heterocycles. The minimum Gasteiger partial charge on any atom is -0.462 e. The number of carbonyl (C=O) groups excluding carboxylic acids is 3. The van der Waals surface area contributed by atoms with E-state index in [4.69, 9.17) is 14.2 Å². The molecule has 0 radical (unpaired) electrons. The molecule has 0 aromatic rings. The molecule has 0 aliphatic rings. The van der Waals surface area contributed by atoms with Crippen LogP contribution in [0.5, 0.6) is 0 Å². The molecule has 6 heteroatoms. The third kappa shape index (κ3) is 49.9. The van der Waals surface area contributed by atoms with Gasteiger partial charge in [0.05, 0.1) is 0 Å². The summed E-state index contributed by atoms with van der Waals surface area (Å²) < 4.78 is 16.7. The molecule has 1 atom stereocenters. The third-order valence-corrected chi connectivity index (χ3v) is 9.70. The van der Waals surface area contributed by atoms with Gasteiger partial charge in [-0.1, -0.05) is 217 Å². The van der Waals surface area contributed by atoms with Crippen molar-refractivity contribution in [2.24, 2.45) is 0 Å². The van der Waals surface area contributed by atoms with Crippen LogP contribution in [0.2, 0.25) is 0 Å². The lowest BCUT2D eigenvalue weighted by atomic mass is 10.1. The third-order valence-electron chi connectivity index (χ3n) is 9.70. The monoisotopic (exact) mass is 893 g/mol. The lowest BCUT2D eigenvalue weighted by molar-refractivity contribution is -0.167. The van der Waals surface area contributed by atoms with Gasteiger partial charge in [-0.05, 0) is 96.3 Å². The maximum Gasteiger partial charge on any atom is 0.306 e. The van der Waals surface area contributed by atoms with E-state index in [0.717, 1.165) is 122 Å². The molecule has 0 fully saturated rings. The Labute approximate surface area is 397 Å². The Morgan fingerprint density at radius 2 is 0.677 bits per heavy atom. The predicted molar refractivity (Wildman–Crippen MR) is 278 cm³/mol. The largest absolute Gasteiger partial charge is 0.462 e. The van der Waals surface area contributed by atoms with Gasteiger partial charge < -0.3 is 14.2 Å². The summed E-state index contributed by atoms with van der Waals surface area (Å²) in [4.78, 5) is 38.0. The first-order chi connectivity index (χ1) is 32.0. The van der Waals surface area contributed by atoms with Crippen LogP contribution in [0.4, 0.5) is 0 Å². The molecule has 1 unspecified atom stereocenters. The van der Waals surface area contributed by atoms with Crippen LogP contribution in [-0.4, -0.2) is 37.2 Å². The number of hydrogen-bond acceptors (Lipinski definition) is 6. The molecule has 0 saturated heterocycles. The van der Waals surface area contributed by atoms with Gasteiger partial charge in [0.1, 0.15) is 13.2 Å². The van der Waals surface area contributed by atoms with Crippen LogP contribution in [0.15, 0.2) is 158 Å². The molecule has 0 aromatic carbocycles. The fourth-order valence-electron chi connectivity index (χ4n) is 6.00. The average Bonchev–Trinajstić information content (AvgIpc) is 3.30. The highest BCUT2D eigenvalue weighted by molar-refractivity contribution is 5.71. The zero-order valence-electron chi connectivity index (χ0n) is 40.9. The minimum atomic E-state index is -0.830. The van der Waals surface area contributed by atoms with Crippen LogP contribution in [-0.2, 0) is 28.6 Å². The average molecular weight is 893 g/mol. The maximum absolute atomic E-state index is 12.8. The Balaban J connectivity index is 4.60. The molecular weight excluding hydrogens is 805 g/mol. The molecule has 0 aromatic heterocycles. The highest BCUT2D eigenvalue weighted by Gasteiger charge is 2.19. The smallest absolute Gasteiger partial charge is 0.306 e. The maximum atomic E-state index is 12.8. The van der Waals surface area contributed by atoms with Gasteiger partial charge in [-0.2, -0.15) is 0 Å². The molecule has 0 rings (SSSR count). The summed E-state index contributed by atoms with van der Waals surface area (Å²) in [7, 11) is 0. The van der Waals surface area contributed by atoms with Crippen LogP contribution in [0.25, 0.3) is 0 Å². The van der Waals surface area contributed by atoms with Crippen LogP contribution in [0, 0.1) is 0 Å². The molecule has 0 spiro atoms. The lowest BCUT2D eigenvalue weighted by Gasteiger charge is -2.18. The van der Waals surface area contributed by atoms with Crippen molar-refractivity contribution in [2.75, 3.05) is 13.2 Å². The van der Waals surface area contributed by atoms with Crippen molar-refractivity contribution in [2.45, 2.75) is 181 Å². The van der Waals surface area contributed by atoms with E-state index in [0.29, 0.717) is 19.3 Å². The van der Waals surface area contributed by atoms with Crippen molar-refractivity contribution in [3.63, 3.8) is 0 Å². The fourth-order valence-corrected chi connectivity index (χ4v) is 6.00. The Morgan fingerprint density at radius 3 is 1.14 bits per heavy atom. The second-order valence-corrected chi connectivity index (χ2v) is 15.8. The van der Waals surface area contributed by atoms with Gasteiger partial charge in [-0.3, -0.25) is 14.4 Å². The van der Waals surface area contributed by atoms with Crippen LogP contribution in [0.1, 0.15) is 175 Å². The van der Waals surface area contributed by atoms with Crippen molar-refractivity contribution in [1.82, 2.24) is 0 Å². The van der Waals surface area contributed by atoms with Gasteiger partial charge >= 0.3 is 17.9 Å². The van der Waals surface area contributed by atoms with Crippen molar-refractivity contribution in [3.05, 3.63) is 158 Å². The summed E-state index contributed by atoms with van der Waals surface area (Å²) in [6, 6.07) is 0. The summed E-state index contributed by atoms with van der Waals surface area (Å²) in [5.41, 5.74) is 0. The van der Waals surface area contributed by atoms with Crippen LogP contribution in [0.3, 0.4) is 0 Å². The summed E-state index contributed by atoms with van der Waals surface area (Å²) in [6.07, 6.45) is 75.0. The van der Waals surface area contributed by atoms with Crippen molar-refractivity contribution in [1.29, 1.82) is 0 Å². The number of ether oxygens (including phenoxy) is 3. The molecule has 6 nitrogen and oxygen atoms in total. The van der Waals surface area contributed by atoms with Crippen molar-refractivity contribution < 1.29 is 28.6 Å². The Morgan fingerprint density at radius 1 is 0.338 bits per heavy atom. The SMILES string of the molecule is CC/C=C/C=C/C=C/C=C/CCCCCC(=O)OCC(COC(=O)CCCCCCC/C=C/C=C/C=C/C=C/C=C/CCC)OC(=O)CCCCC/C=C/C/C=C/C/C=C/C/C=C/CC. The Kier molecular flexibility index (Phi) is 47.7. The first kappa shape index (κ1) is 60.0. The number of allylic oxidation sites excluding steroid dienone is 26. The number of rotatable bonds is 42. The van der Waals surface area contributed by atoms with Gasteiger partial charge in [0, 0.05) is 19.3 Å². The van der Waals surface area contributed by atoms with Gasteiger partial charge in [-0.25, -0.2) is 0 Å². The van der Waals surface area contributed by atoms with E-state index >= 15 is 0 Å². The van der Waals surface area contributed by atoms with Crippen molar-refractivity contribution in [3.8, 4) is 0 Å². The number of carbonyl (C=O) groups is 3. The predicted octanol–water partition coefficient (Wildman–Crippen LogP) is 16.6. The first-order valence-electron chi connectivity index (χ1n) is 25.1. The molecule has 65 heavy (non-hydrogen) atoms. The quantitative estimate of drug-likeness (QED) is 0.0200. The normalized spacial score (nSPS) is 13.5. The topological polar surface area (TPSA) is 78.9 Å². The number of esters is 3. The summed E-state index contributed by atoms with van der Waals surface area (Å²) in [6.45, 7) is 6.17. The van der Waals surface area contributed by atoms with E-state index in [1.165, 1.54) is 6.42 Å². The zero-order chi connectivity index (χ0) is 47.2. The highest BCUT2D eigenvalue weighted by Crippen LogP contribution is 2.11. The van der Waals surface area contributed by atoms with E-state index in [9.17, 15) is 14.4 Å². The van der Waals surface area contributed by atoms with Crippen LogP contribution >= 0.6 is 0 Å². The molecule has 0 bridgehead atoms. The van der Waals surface area contributed by atoms with E-state index in [-0.39, 0.29) is 37.5 Å². The number of hydrogen-bond donors (Lipinski definition) is 0. The standard InChI is InChI=1S/C59H88O6/c1-4-7-10-13-16-19-22-25-27-29-30-32-34-37-40-43-46-49-52-58(61)64-55-56(54-63-57(60)51-48-45-42-39-36-33-24-21-18-15-12-9-6-3)65-59(62)53-50-47-44-41-38-35-31-28-26-23-20-17-14-11-8-5-2/h8-13,15-22,24-30,32-33,35-36,38,56H,4-7,14,23,31,34,37,39-55H2,1-3H3/b11-8+,12-9+,13-10+,18-15+,19-16+,20-17+,24-21+,25-22+,28-26+,29-27+,32-30+,36-33+,38-35+. The Bertz CT molecular complexity index is 1540.